The van der Waals surface area contributed by atoms with Crippen LogP contribution in [0.5, 0.6) is 0 Å². The predicted octanol–water partition coefficient (Wildman–Crippen LogP) is 4.23. The summed E-state index contributed by atoms with van der Waals surface area (Å²) in [5.41, 5.74) is 1.67. The second-order valence-electron chi connectivity index (χ2n) is 5.21. The fourth-order valence-corrected chi connectivity index (χ4v) is 3.11. The lowest BCUT2D eigenvalue weighted by molar-refractivity contribution is 0.321. The van der Waals surface area contributed by atoms with E-state index in [1.807, 2.05) is 12.1 Å². The third-order valence-corrected chi connectivity index (χ3v) is 4.26. The summed E-state index contributed by atoms with van der Waals surface area (Å²) >= 11 is 6.06. The van der Waals surface area contributed by atoms with E-state index in [1.165, 1.54) is 25.7 Å². The van der Waals surface area contributed by atoms with E-state index in [9.17, 15) is 5.26 Å². The maximum Gasteiger partial charge on any atom is 0.101 e. The highest BCUT2D eigenvalue weighted by molar-refractivity contribution is 6.30. The summed E-state index contributed by atoms with van der Waals surface area (Å²) in [6, 6.07) is 8.27. The first-order valence-electron chi connectivity index (χ1n) is 6.56. The SMILES string of the molecule is CC1CCCCC1N(C)c1cc(Cl)ccc1C#N. The quantitative estimate of drug-likeness (QED) is 0.798. The van der Waals surface area contributed by atoms with Crippen LogP contribution in [-0.2, 0) is 0 Å². The van der Waals surface area contributed by atoms with E-state index in [4.69, 9.17) is 11.6 Å². The molecule has 2 nitrogen and oxygen atoms in total. The predicted molar refractivity (Wildman–Crippen MR) is 76.0 cm³/mol. The molecule has 96 valence electrons. The van der Waals surface area contributed by atoms with Crippen molar-refractivity contribution in [3.8, 4) is 6.07 Å². The monoisotopic (exact) mass is 262 g/mol. The van der Waals surface area contributed by atoms with Crippen molar-refractivity contribution in [2.24, 2.45) is 5.92 Å². The molecular formula is C15H19ClN2. The van der Waals surface area contributed by atoms with Gasteiger partial charge in [-0.2, -0.15) is 5.26 Å². The third kappa shape index (κ3) is 2.62. The third-order valence-electron chi connectivity index (χ3n) is 4.02. The minimum atomic E-state index is 0.518. The Morgan fingerprint density at radius 2 is 2.06 bits per heavy atom. The molecule has 1 aliphatic rings. The first-order valence-corrected chi connectivity index (χ1v) is 6.93. The van der Waals surface area contributed by atoms with Crippen molar-refractivity contribution in [1.29, 1.82) is 5.26 Å². The molecule has 0 aliphatic heterocycles. The van der Waals surface area contributed by atoms with Crippen LogP contribution in [0.4, 0.5) is 5.69 Å². The molecule has 1 aromatic carbocycles. The molecule has 0 heterocycles. The topological polar surface area (TPSA) is 27.0 Å². The molecule has 0 aromatic heterocycles. The minimum absolute atomic E-state index is 0.518. The Bertz CT molecular complexity index is 464. The van der Waals surface area contributed by atoms with Crippen LogP contribution in [-0.4, -0.2) is 13.1 Å². The Kier molecular flexibility index (Phi) is 4.14. The molecule has 1 saturated carbocycles. The molecule has 2 unspecified atom stereocenters. The first kappa shape index (κ1) is 13.2. The number of rotatable bonds is 2. The summed E-state index contributed by atoms with van der Waals surface area (Å²) in [6.07, 6.45) is 5.08. The number of anilines is 1. The molecule has 0 amide bonds. The summed E-state index contributed by atoms with van der Waals surface area (Å²) in [5.74, 6) is 0.675. The summed E-state index contributed by atoms with van der Waals surface area (Å²) in [7, 11) is 2.08. The van der Waals surface area contributed by atoms with Crippen LogP contribution in [0, 0.1) is 17.2 Å². The van der Waals surface area contributed by atoms with Gasteiger partial charge in [0, 0.05) is 18.1 Å². The van der Waals surface area contributed by atoms with Gasteiger partial charge in [-0.15, -0.1) is 0 Å². The van der Waals surface area contributed by atoms with Gasteiger partial charge in [-0.1, -0.05) is 31.4 Å². The lowest BCUT2D eigenvalue weighted by Gasteiger charge is -2.38. The zero-order chi connectivity index (χ0) is 13.1. The van der Waals surface area contributed by atoms with E-state index in [0.29, 0.717) is 22.5 Å². The van der Waals surface area contributed by atoms with Gasteiger partial charge >= 0.3 is 0 Å². The highest BCUT2D eigenvalue weighted by Crippen LogP contribution is 2.33. The van der Waals surface area contributed by atoms with Crippen molar-refractivity contribution >= 4 is 17.3 Å². The zero-order valence-electron chi connectivity index (χ0n) is 11.0. The Labute approximate surface area is 114 Å². The average Bonchev–Trinajstić information content (AvgIpc) is 2.38. The number of benzene rings is 1. The number of nitrogens with zero attached hydrogens (tertiary/aromatic N) is 2. The standard InChI is InChI=1S/C15H19ClN2/c1-11-5-3-4-6-14(11)18(2)15-9-13(16)8-7-12(15)10-17/h7-9,11,14H,3-6H2,1-2H3. The fourth-order valence-electron chi connectivity index (χ4n) is 2.94. The lowest BCUT2D eigenvalue weighted by atomic mass is 9.84. The molecule has 2 atom stereocenters. The summed E-state index contributed by atoms with van der Waals surface area (Å²) in [4.78, 5) is 2.24. The molecule has 0 radical (unpaired) electrons. The Morgan fingerprint density at radius 3 is 2.72 bits per heavy atom. The van der Waals surface area contributed by atoms with Crippen LogP contribution in [0.2, 0.25) is 5.02 Å². The molecule has 2 rings (SSSR count). The van der Waals surface area contributed by atoms with E-state index < -0.39 is 0 Å². The largest absolute Gasteiger partial charge is 0.370 e. The maximum atomic E-state index is 9.20. The lowest BCUT2D eigenvalue weighted by Crippen LogP contribution is -2.39. The first-order chi connectivity index (χ1) is 8.63. The van der Waals surface area contributed by atoms with Crippen LogP contribution in [0.25, 0.3) is 0 Å². The van der Waals surface area contributed by atoms with Crippen molar-refractivity contribution in [3.05, 3.63) is 28.8 Å². The van der Waals surface area contributed by atoms with Crippen molar-refractivity contribution in [3.63, 3.8) is 0 Å². The molecule has 0 saturated heterocycles. The summed E-state index contributed by atoms with van der Waals surface area (Å²) < 4.78 is 0. The number of nitriles is 1. The van der Waals surface area contributed by atoms with Crippen LogP contribution in [0.15, 0.2) is 18.2 Å². The van der Waals surface area contributed by atoms with Gasteiger partial charge in [0.05, 0.1) is 11.3 Å². The molecule has 18 heavy (non-hydrogen) atoms. The van der Waals surface area contributed by atoms with Gasteiger partial charge in [0.1, 0.15) is 6.07 Å². The van der Waals surface area contributed by atoms with E-state index in [0.717, 1.165) is 5.69 Å². The van der Waals surface area contributed by atoms with Crippen LogP contribution in [0.1, 0.15) is 38.2 Å². The Balaban J connectivity index is 2.30. The average molecular weight is 263 g/mol. The minimum Gasteiger partial charge on any atom is -0.370 e. The van der Waals surface area contributed by atoms with Gasteiger partial charge in [-0.25, -0.2) is 0 Å². The van der Waals surface area contributed by atoms with E-state index in [2.05, 4.69) is 24.9 Å². The number of hydrogen-bond donors (Lipinski definition) is 0. The van der Waals surface area contributed by atoms with Gasteiger partial charge in [0.15, 0.2) is 0 Å². The van der Waals surface area contributed by atoms with Crippen molar-refractivity contribution in [2.45, 2.75) is 38.6 Å². The van der Waals surface area contributed by atoms with E-state index >= 15 is 0 Å². The molecule has 0 N–H and O–H groups in total. The van der Waals surface area contributed by atoms with Gasteiger partial charge in [-0.3, -0.25) is 0 Å². The number of halogens is 1. The molecule has 3 heteroatoms. The summed E-state index contributed by atoms with van der Waals surface area (Å²) in [5, 5.41) is 9.90. The second kappa shape index (κ2) is 5.63. The van der Waals surface area contributed by atoms with Crippen LogP contribution < -0.4 is 4.90 Å². The van der Waals surface area contributed by atoms with Crippen LogP contribution >= 0.6 is 11.6 Å². The molecule has 0 bridgehead atoms. The summed E-state index contributed by atoms with van der Waals surface area (Å²) in [6.45, 7) is 2.30. The molecule has 1 aliphatic carbocycles. The highest BCUT2D eigenvalue weighted by Gasteiger charge is 2.26. The normalized spacial score (nSPS) is 23.4. The van der Waals surface area contributed by atoms with Gasteiger partial charge in [-0.05, 0) is 37.0 Å². The van der Waals surface area contributed by atoms with Crippen molar-refractivity contribution in [1.82, 2.24) is 0 Å². The maximum absolute atomic E-state index is 9.20. The fraction of sp³-hybridized carbons (Fsp3) is 0.533. The molecular weight excluding hydrogens is 244 g/mol. The molecule has 0 spiro atoms. The Hall–Kier alpha value is -1.20. The molecule has 1 aromatic rings. The van der Waals surface area contributed by atoms with Gasteiger partial charge in [0.2, 0.25) is 0 Å². The smallest absolute Gasteiger partial charge is 0.101 e. The Morgan fingerprint density at radius 1 is 1.33 bits per heavy atom. The number of hydrogen-bond acceptors (Lipinski definition) is 2. The van der Waals surface area contributed by atoms with E-state index in [-0.39, 0.29) is 0 Å². The molecule has 1 fully saturated rings. The van der Waals surface area contributed by atoms with Gasteiger partial charge < -0.3 is 4.90 Å². The second-order valence-corrected chi connectivity index (χ2v) is 5.65. The zero-order valence-corrected chi connectivity index (χ0v) is 11.7. The van der Waals surface area contributed by atoms with Crippen molar-refractivity contribution in [2.75, 3.05) is 11.9 Å². The van der Waals surface area contributed by atoms with Gasteiger partial charge in [0.25, 0.3) is 0 Å². The van der Waals surface area contributed by atoms with Crippen LogP contribution in [0.3, 0.4) is 0 Å². The highest BCUT2D eigenvalue weighted by atomic mass is 35.5. The van der Waals surface area contributed by atoms with Crippen molar-refractivity contribution < 1.29 is 0 Å². The van der Waals surface area contributed by atoms with E-state index in [1.54, 1.807) is 6.07 Å².